The SMILES string of the molecule is CC#N.CSCCCN(P(c1ccccc1)c1ccccc1)P(c1ccccc1)c1ccccc1.[Cl-].[Cl-].[Cl-].[Cr+3]. The molecule has 0 aliphatic carbocycles. The molecule has 0 aliphatic rings. The van der Waals surface area contributed by atoms with Gasteiger partial charge in [-0.2, -0.15) is 17.0 Å². The van der Waals surface area contributed by atoms with Crippen LogP contribution in [0.5, 0.6) is 0 Å². The van der Waals surface area contributed by atoms with Gasteiger partial charge >= 0.3 is 17.4 Å². The monoisotopic (exact) mass is 671 g/mol. The van der Waals surface area contributed by atoms with E-state index in [1.54, 1.807) is 6.07 Å². The average molecular weight is 673 g/mol. The van der Waals surface area contributed by atoms with Crippen LogP contribution in [0.4, 0.5) is 0 Å². The summed E-state index contributed by atoms with van der Waals surface area (Å²) in [5.74, 6) is 1.18. The Balaban J connectivity index is 0. The summed E-state index contributed by atoms with van der Waals surface area (Å²) in [4.78, 5) is 0. The number of nitrogens with zero attached hydrogens (tertiary/aromatic N) is 2. The molecule has 39 heavy (non-hydrogen) atoms. The molecule has 0 atom stereocenters. The summed E-state index contributed by atoms with van der Waals surface area (Å²) in [7, 11) is -1.33. The smallest absolute Gasteiger partial charge is 1.00 e. The second-order valence-electron chi connectivity index (χ2n) is 7.63. The molecule has 0 saturated carbocycles. The van der Waals surface area contributed by atoms with Crippen LogP contribution in [0.3, 0.4) is 0 Å². The summed E-state index contributed by atoms with van der Waals surface area (Å²) in [5, 5.41) is 13.0. The summed E-state index contributed by atoms with van der Waals surface area (Å²) in [6, 6.07) is 46.2. The Morgan fingerprint density at radius 1 is 0.615 bits per heavy atom. The first kappa shape index (κ1) is 40.1. The zero-order valence-corrected chi connectivity index (χ0v) is 28.1. The van der Waals surface area contributed by atoms with E-state index in [1.165, 1.54) is 40.3 Å². The predicted octanol–water partition coefficient (Wildman–Crippen LogP) is -2.32. The summed E-state index contributed by atoms with van der Waals surface area (Å²) < 4.78 is 2.83. The third kappa shape index (κ3) is 12.6. The minimum atomic E-state index is -0.665. The number of benzene rings is 4. The first-order valence-corrected chi connectivity index (χ1v) is 15.7. The van der Waals surface area contributed by atoms with Crippen molar-refractivity contribution in [3.8, 4) is 6.07 Å². The molecule has 4 rings (SSSR count). The maximum Gasteiger partial charge on any atom is 3.00 e. The van der Waals surface area contributed by atoms with Crippen molar-refractivity contribution in [1.82, 2.24) is 4.44 Å². The molecule has 0 fully saturated rings. The molecule has 9 heteroatoms. The Kier molecular flexibility index (Phi) is 24.3. The molecule has 0 aliphatic heterocycles. The average Bonchev–Trinajstić information content (AvgIpc) is 2.92. The zero-order valence-electron chi connectivity index (χ0n) is 21.9. The molecule has 0 unspecified atom stereocenters. The third-order valence-electron chi connectivity index (χ3n) is 5.17. The van der Waals surface area contributed by atoms with Crippen LogP contribution in [0.15, 0.2) is 121 Å². The van der Waals surface area contributed by atoms with Crippen molar-refractivity contribution in [1.29, 1.82) is 5.26 Å². The second kappa shape index (κ2) is 23.6. The van der Waals surface area contributed by atoms with Crippen molar-refractivity contribution in [2.75, 3.05) is 18.6 Å². The standard InChI is InChI=1S/C28H29NP2S.C2H3N.3ClH.Cr/c1-32-24-14-23-29(30(25-15-6-2-7-16-25)26-17-8-3-9-18-26)31(27-19-10-4-11-20-27)28-21-12-5-13-22-28;1-2-3;;;;/h2-13,15-22H,14,23-24H2,1H3;1H3;3*1H;/q;;;;;+3/p-3. The Morgan fingerprint density at radius 2 is 0.872 bits per heavy atom. The molecule has 4 aromatic carbocycles. The van der Waals surface area contributed by atoms with Crippen LogP contribution in [-0.2, 0) is 17.4 Å². The second-order valence-corrected chi connectivity index (χ2v) is 13.2. The van der Waals surface area contributed by atoms with E-state index in [-0.39, 0.29) is 54.6 Å². The van der Waals surface area contributed by atoms with Gasteiger partial charge in [-0.15, -0.1) is 0 Å². The van der Waals surface area contributed by atoms with Crippen molar-refractivity contribution in [2.24, 2.45) is 0 Å². The van der Waals surface area contributed by atoms with Gasteiger partial charge in [-0.3, -0.25) is 0 Å². The van der Waals surface area contributed by atoms with Crippen LogP contribution in [0.25, 0.3) is 0 Å². The number of hydrogen-bond acceptors (Lipinski definition) is 3. The number of nitriles is 1. The maximum atomic E-state index is 7.32. The minimum absolute atomic E-state index is 0. The molecule has 205 valence electrons. The van der Waals surface area contributed by atoms with Gasteiger partial charge in [0.2, 0.25) is 0 Å². The van der Waals surface area contributed by atoms with E-state index in [9.17, 15) is 0 Å². The van der Waals surface area contributed by atoms with Crippen molar-refractivity contribution in [3.63, 3.8) is 0 Å². The summed E-state index contributed by atoms with van der Waals surface area (Å²) in [6.45, 7) is 2.51. The van der Waals surface area contributed by atoms with Crippen molar-refractivity contribution >= 4 is 49.1 Å². The van der Waals surface area contributed by atoms with Gasteiger partial charge in [-0.25, -0.2) is 4.44 Å². The van der Waals surface area contributed by atoms with Gasteiger partial charge in [0, 0.05) is 29.6 Å². The number of thioether (sulfide) groups is 1. The van der Waals surface area contributed by atoms with Gasteiger partial charge in [-0.1, -0.05) is 121 Å². The van der Waals surface area contributed by atoms with E-state index >= 15 is 0 Å². The van der Waals surface area contributed by atoms with Crippen molar-refractivity contribution in [3.05, 3.63) is 121 Å². The largest absolute Gasteiger partial charge is 3.00 e. The van der Waals surface area contributed by atoms with Crippen molar-refractivity contribution in [2.45, 2.75) is 13.3 Å². The van der Waals surface area contributed by atoms with Gasteiger partial charge in [-0.05, 0) is 39.6 Å². The van der Waals surface area contributed by atoms with E-state index in [2.05, 4.69) is 132 Å². The summed E-state index contributed by atoms with van der Waals surface area (Å²) >= 11 is 1.94. The molecule has 0 saturated heterocycles. The minimum Gasteiger partial charge on any atom is -1.00 e. The van der Waals surface area contributed by atoms with E-state index in [1.807, 2.05) is 11.8 Å². The molecule has 0 heterocycles. The van der Waals surface area contributed by atoms with Gasteiger partial charge in [0.1, 0.15) is 0 Å². The molecule has 0 spiro atoms. The van der Waals surface area contributed by atoms with Crippen LogP contribution >= 0.6 is 27.9 Å². The Morgan fingerprint density at radius 3 is 1.10 bits per heavy atom. The first-order chi connectivity index (χ1) is 17.3. The topological polar surface area (TPSA) is 27.0 Å². The molecule has 1 radical (unpaired) electrons. The quantitative estimate of drug-likeness (QED) is 0.140. The fourth-order valence-electron chi connectivity index (χ4n) is 3.75. The van der Waals surface area contributed by atoms with Gasteiger partial charge in [0.25, 0.3) is 0 Å². The van der Waals surface area contributed by atoms with Crippen LogP contribution < -0.4 is 58.4 Å². The number of halogens is 3. The molecule has 0 bridgehead atoms. The Labute approximate surface area is 271 Å². The Hall–Kier alpha value is -1.06. The molecular weight excluding hydrogens is 641 g/mol. The first-order valence-electron chi connectivity index (χ1n) is 11.7. The number of hydrogen-bond donors (Lipinski definition) is 0. The maximum absolute atomic E-state index is 7.32. The molecule has 2 nitrogen and oxygen atoms in total. The van der Waals surface area contributed by atoms with Crippen molar-refractivity contribution < 1.29 is 54.6 Å². The molecule has 4 aromatic rings. The molecule has 0 amide bonds. The third-order valence-corrected chi connectivity index (χ3v) is 11.4. The van der Waals surface area contributed by atoms with Gasteiger partial charge < -0.3 is 37.2 Å². The van der Waals surface area contributed by atoms with E-state index in [0.717, 1.165) is 6.54 Å². The van der Waals surface area contributed by atoms with Gasteiger partial charge in [0.15, 0.2) is 0 Å². The number of rotatable bonds is 10. The van der Waals surface area contributed by atoms with Crippen LogP contribution in [0, 0.1) is 11.3 Å². The Bertz CT molecular complexity index is 996. The normalized spacial score (nSPS) is 9.54. The van der Waals surface area contributed by atoms with Crippen LogP contribution in [0.2, 0.25) is 0 Å². The fraction of sp³-hybridized carbons (Fsp3) is 0.167. The fourth-order valence-corrected chi connectivity index (χ4v) is 10.3. The predicted molar refractivity (Wildman–Crippen MR) is 159 cm³/mol. The van der Waals surface area contributed by atoms with Gasteiger partial charge in [0.05, 0.1) is 6.07 Å². The van der Waals surface area contributed by atoms with Crippen LogP contribution in [0.1, 0.15) is 13.3 Å². The van der Waals surface area contributed by atoms with E-state index in [4.69, 9.17) is 5.26 Å². The molecule has 0 N–H and O–H groups in total. The molecule has 0 aromatic heterocycles. The molecular formula is C30H32Cl3CrN2P2S. The van der Waals surface area contributed by atoms with E-state index < -0.39 is 16.1 Å². The van der Waals surface area contributed by atoms with E-state index in [0.29, 0.717) is 0 Å². The zero-order chi connectivity index (χ0) is 24.7. The summed E-state index contributed by atoms with van der Waals surface area (Å²) in [6.07, 6.45) is 3.39. The summed E-state index contributed by atoms with van der Waals surface area (Å²) in [5.41, 5.74) is 0. The van der Waals surface area contributed by atoms with Crippen LogP contribution in [-0.4, -0.2) is 23.0 Å².